The van der Waals surface area contributed by atoms with Gasteiger partial charge in [-0.05, 0) is 0 Å². The van der Waals surface area contributed by atoms with Crippen molar-refractivity contribution in [2.75, 3.05) is 0 Å². The Morgan fingerprint density at radius 1 is 0.600 bits per heavy atom. The molecule has 0 atom stereocenters. The molecule has 0 aromatic heterocycles. The van der Waals surface area contributed by atoms with Gasteiger partial charge in [-0.3, -0.25) is 0 Å². The normalized spacial score (nSPS) is 24.8. The molecular weight excluding hydrogens is 356 g/mol. The molecule has 0 amide bonds. The van der Waals surface area contributed by atoms with Crippen LogP contribution < -0.4 is 0 Å². The van der Waals surface area contributed by atoms with E-state index in [9.17, 15) is 0 Å². The van der Waals surface area contributed by atoms with Crippen LogP contribution in [-0.4, -0.2) is 12.1 Å². The van der Waals surface area contributed by atoms with Crippen LogP contribution in [0.2, 0.25) is 0 Å². The van der Waals surface area contributed by atoms with Gasteiger partial charge in [-0.1, -0.05) is 0 Å². The van der Waals surface area contributed by atoms with Crippen molar-refractivity contribution < 1.29 is 18.2 Å². The average Bonchev–Trinajstić information content (AvgIpc) is 2.32. The topological polar surface area (TPSA) is 24.7 Å². The summed E-state index contributed by atoms with van der Waals surface area (Å²) < 4.78 is 9.75. The van der Waals surface area contributed by atoms with E-state index in [1.807, 2.05) is 0 Å². The maximum atomic E-state index is 4.88. The summed E-state index contributed by atoms with van der Waals surface area (Å²) in [4.78, 5) is 0. The zero-order valence-corrected chi connectivity index (χ0v) is 12.5. The summed E-state index contributed by atoms with van der Waals surface area (Å²) in [5, 5.41) is 0. The van der Waals surface area contributed by atoms with Gasteiger partial charge in [0, 0.05) is 0 Å². The zero-order valence-electron chi connectivity index (χ0n) is 9.53. The summed E-state index contributed by atoms with van der Waals surface area (Å²) in [6, 6.07) is 1.44. The van der Waals surface area contributed by atoms with E-state index in [2.05, 4.69) is 0 Å². The molecule has 2 nitrogen and oxygen atoms in total. The molecule has 86 valence electrons. The summed E-state index contributed by atoms with van der Waals surface area (Å²) in [6.07, 6.45) is 14.0. The first-order valence-electron chi connectivity index (χ1n) is 6.51. The molecule has 0 unspecified atom stereocenters. The van der Waals surface area contributed by atoms with E-state index in [4.69, 9.17) is 6.99 Å². The fraction of sp³-hybridized carbons (Fsp3) is 1.00. The molecule has 0 aliphatic heterocycles. The van der Waals surface area contributed by atoms with Crippen LogP contribution in [0.3, 0.4) is 0 Å². The minimum absolute atomic E-state index is 0.671. The van der Waals surface area contributed by atoms with Gasteiger partial charge < -0.3 is 0 Å². The fourth-order valence-electron chi connectivity index (χ4n) is 2.53. The van der Waals surface area contributed by atoms with Crippen molar-refractivity contribution in [3.63, 3.8) is 0 Å². The number of rotatable bonds is 2. The van der Waals surface area contributed by atoms with E-state index in [0.29, 0.717) is 0 Å². The monoisotopic (exact) mass is 378 g/mol. The number of hydrogen-bond donors (Lipinski definition) is 0. The van der Waals surface area contributed by atoms with Crippen molar-refractivity contribution in [3.05, 3.63) is 0 Å². The summed E-state index contributed by atoms with van der Waals surface area (Å²) in [5.74, 6) is 0. The van der Waals surface area contributed by atoms with Crippen LogP contribution in [0.4, 0.5) is 0 Å². The van der Waals surface area contributed by atoms with E-state index >= 15 is 0 Å². The Kier molecular flexibility index (Phi) is 5.32. The third-order valence-corrected chi connectivity index (χ3v) is 6.36. The van der Waals surface area contributed by atoms with Gasteiger partial charge in [0.15, 0.2) is 0 Å². The predicted octanol–water partition coefficient (Wildman–Crippen LogP) is 4.10. The molecule has 2 rings (SSSR count). The van der Waals surface area contributed by atoms with Gasteiger partial charge in [0.2, 0.25) is 0 Å². The van der Waals surface area contributed by atoms with Gasteiger partial charge in [0.05, 0.1) is 0 Å². The summed E-state index contributed by atoms with van der Waals surface area (Å²) in [6.45, 7) is 0. The van der Waals surface area contributed by atoms with E-state index in [1.54, 1.807) is 0 Å². The Bertz CT molecular complexity index is 212. The first kappa shape index (κ1) is 11.8. The van der Waals surface area contributed by atoms with Crippen molar-refractivity contribution in [1.82, 2.24) is 0 Å². The van der Waals surface area contributed by atoms with Crippen molar-refractivity contribution in [1.29, 1.82) is 0 Å². The summed E-state index contributed by atoms with van der Waals surface area (Å²) >= 11 is -0.671. The first-order chi connectivity index (χ1) is 7.45. The molecule has 0 aromatic rings. The van der Waals surface area contributed by atoms with Crippen LogP contribution in [0.15, 0.2) is 6.99 Å². The van der Waals surface area contributed by atoms with Crippen molar-refractivity contribution in [2.45, 2.75) is 76.3 Å². The van der Waals surface area contributed by atoms with E-state index < -0.39 is 18.2 Å². The molecule has 0 spiro atoms. The van der Waals surface area contributed by atoms with Crippen LogP contribution in [0.5, 0.6) is 0 Å². The molecule has 0 radical (unpaired) electrons. The maximum absolute atomic E-state index is 4.88. The zero-order chi connectivity index (χ0) is 10.3. The summed E-state index contributed by atoms with van der Waals surface area (Å²) in [5.41, 5.74) is 0. The molecule has 2 fully saturated rings. The number of hydrogen-bond acceptors (Lipinski definition) is 2. The van der Waals surface area contributed by atoms with Crippen LogP contribution >= 0.6 is 0 Å². The Morgan fingerprint density at radius 3 is 1.40 bits per heavy atom. The van der Waals surface area contributed by atoms with Crippen LogP contribution in [0.25, 0.3) is 0 Å². The van der Waals surface area contributed by atoms with Crippen LogP contribution in [0, 0.1) is 0 Å². The third kappa shape index (κ3) is 4.34. The second-order valence-corrected chi connectivity index (χ2v) is 6.98. The van der Waals surface area contributed by atoms with Gasteiger partial charge in [-0.25, -0.2) is 0 Å². The van der Waals surface area contributed by atoms with Crippen molar-refractivity contribution in [2.24, 2.45) is 6.99 Å². The molecule has 15 heavy (non-hydrogen) atoms. The van der Waals surface area contributed by atoms with Crippen LogP contribution in [-0.2, 0) is 18.2 Å². The Hall–Kier alpha value is 0.288. The Morgan fingerprint density at radius 2 is 1.00 bits per heavy atom. The standard InChI is InChI=1S/2C6H11N.W/c2*7-6-4-2-1-3-5-6;/h2*6H,1-5H2;. The van der Waals surface area contributed by atoms with Gasteiger partial charge in [0.25, 0.3) is 0 Å². The first-order valence-corrected chi connectivity index (χ1v) is 9.14. The minimum atomic E-state index is -0.671. The predicted molar refractivity (Wildman–Crippen MR) is 58.6 cm³/mol. The molecule has 3 heteroatoms. The molecule has 2 aliphatic rings. The summed E-state index contributed by atoms with van der Waals surface area (Å²) in [7, 11) is 0. The number of nitrogens with zero attached hydrogens (tertiary/aromatic N) is 2. The second-order valence-electron chi connectivity index (χ2n) is 4.88. The Balaban J connectivity index is 1.77. The molecule has 0 bridgehead atoms. The SMILES string of the molecule is C1CCC([N]=[W]=[N]C2CCCCC2)CC1. The fourth-order valence-corrected chi connectivity index (χ4v) is 5.20. The molecule has 0 N–H and O–H groups in total. The average molecular weight is 378 g/mol. The van der Waals surface area contributed by atoms with Gasteiger partial charge in [-0.15, -0.1) is 0 Å². The second kappa shape index (κ2) is 6.78. The molecular formula is C12H22N2W. The van der Waals surface area contributed by atoms with E-state index in [-0.39, 0.29) is 0 Å². The van der Waals surface area contributed by atoms with E-state index in [0.717, 1.165) is 12.1 Å². The quantitative estimate of drug-likeness (QED) is 0.691. The third-order valence-electron chi connectivity index (χ3n) is 3.54. The van der Waals surface area contributed by atoms with Crippen molar-refractivity contribution >= 4 is 0 Å². The molecule has 2 aliphatic carbocycles. The molecule has 0 saturated heterocycles. The molecule has 0 aromatic carbocycles. The van der Waals surface area contributed by atoms with Gasteiger partial charge in [0.1, 0.15) is 0 Å². The Labute approximate surface area is 101 Å². The van der Waals surface area contributed by atoms with Crippen LogP contribution in [0.1, 0.15) is 64.2 Å². The molecule has 0 heterocycles. The van der Waals surface area contributed by atoms with Gasteiger partial charge in [-0.2, -0.15) is 0 Å². The van der Waals surface area contributed by atoms with E-state index in [1.165, 1.54) is 64.2 Å². The van der Waals surface area contributed by atoms with Crippen molar-refractivity contribution in [3.8, 4) is 0 Å². The van der Waals surface area contributed by atoms with Gasteiger partial charge >= 0.3 is 101 Å². The molecule has 2 saturated carbocycles.